The zero-order valence-corrected chi connectivity index (χ0v) is 25.9. The Morgan fingerprint density at radius 1 is 0.595 bits per heavy atom. The Bertz CT molecular complexity index is 2090. The highest BCUT2D eigenvalue weighted by Gasteiger charge is 2.44. The van der Waals surface area contributed by atoms with Gasteiger partial charge in [-0.1, -0.05) is 0 Å². The van der Waals surface area contributed by atoms with Crippen LogP contribution in [0.4, 0.5) is 0 Å². The van der Waals surface area contributed by atoms with E-state index in [9.17, 15) is 28.4 Å². The van der Waals surface area contributed by atoms with Crippen LogP contribution < -0.4 is 28.5 Å². The number of allylic oxidation sites excluding steroid dienone is 1. The molecule has 3 aliphatic heterocycles. The Morgan fingerprint density at radius 3 is 1.64 bits per heavy atom. The molecule has 15 heteroatoms. The van der Waals surface area contributed by atoms with Crippen molar-refractivity contribution in [2.45, 2.75) is 47.6 Å². The van der Waals surface area contributed by atoms with E-state index >= 15 is 0 Å². The first-order chi connectivity index (χ1) is 19.5. The normalized spacial score (nSPS) is 33.0. The maximum atomic E-state index is 13.5. The van der Waals surface area contributed by atoms with Gasteiger partial charge in [0.25, 0.3) is 0 Å². The van der Waals surface area contributed by atoms with Gasteiger partial charge in [0.1, 0.15) is 34.9 Å². The van der Waals surface area contributed by atoms with Crippen molar-refractivity contribution in [1.82, 2.24) is 0 Å². The molecule has 42 heavy (non-hydrogen) atoms. The predicted octanol–water partition coefficient (Wildman–Crippen LogP) is 4.79. The summed E-state index contributed by atoms with van der Waals surface area (Å²) < 4.78 is 74.4. The van der Waals surface area contributed by atoms with E-state index in [1.807, 2.05) is 0 Å². The minimum atomic E-state index is -4.82. The van der Waals surface area contributed by atoms with Crippen molar-refractivity contribution in [2.75, 3.05) is 0 Å². The Kier molecular flexibility index (Phi) is 5.63. The monoisotopic (exact) mass is 634 g/mol. The Morgan fingerprint density at radius 2 is 1.05 bits per heavy atom. The van der Waals surface area contributed by atoms with Crippen LogP contribution in [0, 0.1) is 27.7 Å². The van der Waals surface area contributed by atoms with Gasteiger partial charge < -0.3 is 22.6 Å². The van der Waals surface area contributed by atoms with Crippen LogP contribution in [-0.4, -0.2) is 20.8 Å². The molecule has 7 rings (SSSR count). The molecule has 2 aliphatic carbocycles. The van der Waals surface area contributed by atoms with Gasteiger partial charge >= 0.3 is 23.5 Å². The number of phosphoric acid groups is 3. The molecule has 4 atom stereocenters. The fourth-order valence-electron chi connectivity index (χ4n) is 5.87. The lowest BCUT2D eigenvalue weighted by Gasteiger charge is -2.34. The second-order valence-corrected chi connectivity index (χ2v) is 14.7. The molecular formula is C27H25O12P3. The van der Waals surface area contributed by atoms with Gasteiger partial charge in [0, 0.05) is 27.1 Å². The van der Waals surface area contributed by atoms with Crippen LogP contribution >= 0.6 is 23.5 Å². The second-order valence-electron chi connectivity index (χ2n) is 10.8. The van der Waals surface area contributed by atoms with Gasteiger partial charge in [0.15, 0.2) is 0 Å². The molecule has 6 bridgehead atoms. The molecule has 0 amide bonds. The van der Waals surface area contributed by atoms with E-state index in [1.54, 1.807) is 59.8 Å². The van der Waals surface area contributed by atoms with Crippen molar-refractivity contribution in [1.29, 1.82) is 0 Å². The van der Waals surface area contributed by atoms with Gasteiger partial charge in [-0.2, -0.15) is 0 Å². The number of hydrogen-bond donors (Lipinski definition) is 3. The standard InChI is InChI=1S/C27H25O12P3/c1-10-11(2)23-17-8-19-21-9-20-18-7-16(17)22(10)34-40(28,29)36-24(18)12(3)13(4)26(20)38-42(32,33)39-27(21)15(6)14(5)25(19)37-41(30,31)35-23/h7-9,22H,1-6H3,(H,28,29)(H,30,31)(H,32,33)/b16-7+,19-8-,21-9+. The van der Waals surface area contributed by atoms with E-state index in [0.29, 0.717) is 39.0 Å². The van der Waals surface area contributed by atoms with E-state index in [0.717, 1.165) is 0 Å². The highest BCUT2D eigenvalue weighted by Crippen LogP contribution is 2.59. The molecule has 4 unspecified atom stereocenters. The fraction of sp³-hybridized carbons (Fsp3) is 0.259. The topological polar surface area (TPSA) is 167 Å². The largest absolute Gasteiger partial charge is 0.584 e. The summed E-state index contributed by atoms with van der Waals surface area (Å²) >= 11 is 0. The van der Waals surface area contributed by atoms with E-state index < -0.39 is 29.6 Å². The van der Waals surface area contributed by atoms with E-state index in [2.05, 4.69) is 0 Å². The fourth-order valence-corrected chi connectivity index (χ4v) is 8.86. The van der Waals surface area contributed by atoms with Crippen molar-refractivity contribution >= 4 is 41.7 Å². The van der Waals surface area contributed by atoms with Crippen LogP contribution in [0.15, 0.2) is 28.1 Å². The van der Waals surface area contributed by atoms with E-state index in [1.165, 1.54) is 0 Å². The molecule has 0 saturated carbocycles. The van der Waals surface area contributed by atoms with Crippen LogP contribution in [0.3, 0.4) is 0 Å². The predicted molar refractivity (Wildman–Crippen MR) is 150 cm³/mol. The molecule has 3 heterocycles. The van der Waals surface area contributed by atoms with Gasteiger partial charge in [-0.05, 0) is 98.7 Å². The highest BCUT2D eigenvalue weighted by atomic mass is 31.2. The molecule has 12 nitrogen and oxygen atoms in total. The summed E-state index contributed by atoms with van der Waals surface area (Å²) in [6, 6.07) is 0. The first kappa shape index (κ1) is 27.7. The summed E-state index contributed by atoms with van der Waals surface area (Å²) in [6.45, 7) is 9.70. The number of rotatable bonds is 0. The summed E-state index contributed by atoms with van der Waals surface area (Å²) in [5, 5.41) is 0.501. The molecule has 0 radical (unpaired) electrons. The molecule has 0 fully saturated rings. The minimum Gasteiger partial charge on any atom is -0.403 e. The summed E-state index contributed by atoms with van der Waals surface area (Å²) in [5.41, 5.74) is 3.31. The zero-order valence-electron chi connectivity index (χ0n) is 23.2. The third-order valence-electron chi connectivity index (χ3n) is 8.36. The number of phosphoric ester groups is 3. The van der Waals surface area contributed by atoms with Gasteiger partial charge in [-0.15, -0.1) is 0 Å². The summed E-state index contributed by atoms with van der Waals surface area (Å²) in [5.74, 6) is -0.0261. The molecule has 3 N–H and O–H groups in total. The maximum absolute atomic E-state index is 13.5. The lowest BCUT2D eigenvalue weighted by Crippen LogP contribution is -2.33. The quantitative estimate of drug-likeness (QED) is 0.340. The van der Waals surface area contributed by atoms with Gasteiger partial charge in [0.05, 0.1) is 0 Å². The Labute approximate surface area is 239 Å². The molecule has 2 aromatic rings. The lowest BCUT2D eigenvalue weighted by atomic mass is 9.83. The van der Waals surface area contributed by atoms with Gasteiger partial charge in [0.2, 0.25) is 0 Å². The smallest absolute Gasteiger partial charge is 0.403 e. The van der Waals surface area contributed by atoms with Crippen LogP contribution in [-0.2, 0) is 22.7 Å². The van der Waals surface area contributed by atoms with Gasteiger partial charge in [-0.3, -0.25) is 19.2 Å². The first-order valence-electron chi connectivity index (χ1n) is 12.8. The van der Waals surface area contributed by atoms with Gasteiger partial charge in [-0.25, -0.2) is 13.7 Å². The average molecular weight is 634 g/mol. The van der Waals surface area contributed by atoms with Crippen molar-refractivity contribution in [3.05, 3.63) is 71.9 Å². The maximum Gasteiger partial charge on any atom is 0.584 e. The van der Waals surface area contributed by atoms with Crippen LogP contribution in [0.2, 0.25) is 0 Å². The molecule has 0 spiro atoms. The summed E-state index contributed by atoms with van der Waals surface area (Å²) in [6.07, 6.45) is 3.77. The van der Waals surface area contributed by atoms with Crippen molar-refractivity contribution in [3.8, 4) is 23.0 Å². The van der Waals surface area contributed by atoms with Crippen molar-refractivity contribution < 1.29 is 55.5 Å². The molecule has 2 aromatic carbocycles. The first-order valence-corrected chi connectivity index (χ1v) is 17.3. The average Bonchev–Trinajstić information content (AvgIpc) is 2.95. The summed E-state index contributed by atoms with van der Waals surface area (Å²) in [4.78, 5) is 32.8. The molecule has 220 valence electrons. The van der Waals surface area contributed by atoms with Crippen molar-refractivity contribution in [3.63, 3.8) is 0 Å². The van der Waals surface area contributed by atoms with Crippen LogP contribution in [0.1, 0.15) is 47.2 Å². The third-order valence-corrected chi connectivity index (χ3v) is 10.9. The zero-order chi connectivity index (χ0) is 30.3. The van der Waals surface area contributed by atoms with E-state index in [-0.39, 0.29) is 55.9 Å². The second kappa shape index (κ2) is 8.52. The molecular weight excluding hydrogens is 609 g/mol. The molecule has 5 aliphatic rings. The third kappa shape index (κ3) is 3.87. The van der Waals surface area contributed by atoms with Crippen molar-refractivity contribution in [2.24, 2.45) is 0 Å². The summed E-state index contributed by atoms with van der Waals surface area (Å²) in [7, 11) is -14.4. The van der Waals surface area contributed by atoms with E-state index in [4.69, 9.17) is 27.1 Å². The van der Waals surface area contributed by atoms with Crippen LogP contribution in [0.5, 0.6) is 23.0 Å². The number of benzene rings is 2. The highest BCUT2D eigenvalue weighted by molar-refractivity contribution is 7.48. The Balaban J connectivity index is 1.84. The Hall–Kier alpha value is -3.07. The lowest BCUT2D eigenvalue weighted by molar-refractivity contribution is 0.175. The number of hydrogen-bond acceptors (Lipinski definition) is 9. The molecule has 0 saturated heterocycles. The SMILES string of the molecule is CC1=C(C)C2OP(=O)(O)Oc3c(C)c(C)c4c5c3/C=C/2C2=C1OP(=O)(O)Oc1c(C)c(C)c(c(/c1=C/2)=C/5)OP(=O)(O)O4. The minimum absolute atomic E-state index is 0.00371. The molecule has 0 aromatic heterocycles. The van der Waals surface area contributed by atoms with Crippen LogP contribution in [0.25, 0.3) is 18.2 Å².